The average Bonchev–Trinajstić information content (AvgIpc) is 3.15. The van der Waals surface area contributed by atoms with Crippen LogP contribution in [0.5, 0.6) is 11.5 Å². The first kappa shape index (κ1) is 17.0. The van der Waals surface area contributed by atoms with Gasteiger partial charge in [-0.3, -0.25) is 0 Å². The van der Waals surface area contributed by atoms with E-state index in [0.717, 1.165) is 5.39 Å². The van der Waals surface area contributed by atoms with Crippen molar-refractivity contribution in [3.8, 4) is 22.1 Å². The number of anilines is 2. The third kappa shape index (κ3) is 3.34. The normalized spacial score (nSPS) is 10.7. The monoisotopic (exact) mass is 381 g/mol. The number of nitrogens with zero attached hydrogens (tertiary/aromatic N) is 2. The smallest absolute Gasteiger partial charge is 0.346 e. The van der Waals surface area contributed by atoms with Crippen LogP contribution in [-0.4, -0.2) is 24.4 Å². The van der Waals surface area contributed by atoms with Crippen molar-refractivity contribution in [2.24, 2.45) is 0 Å². The molecule has 0 saturated carbocycles. The van der Waals surface area contributed by atoms with E-state index in [1.54, 1.807) is 44.6 Å². The summed E-state index contributed by atoms with van der Waals surface area (Å²) in [5.74, 6) is 1.32. The van der Waals surface area contributed by atoms with E-state index in [1.165, 1.54) is 11.3 Å². The first-order valence-corrected chi connectivity index (χ1v) is 8.85. The first-order chi connectivity index (χ1) is 13.2. The molecule has 0 bridgehead atoms. The largest absolute Gasteiger partial charge is 0.497 e. The fourth-order valence-electron chi connectivity index (χ4n) is 2.62. The molecule has 0 amide bonds. The first-order valence-electron chi connectivity index (χ1n) is 8.04. The van der Waals surface area contributed by atoms with Gasteiger partial charge >= 0.3 is 5.63 Å². The maximum atomic E-state index is 12.3. The van der Waals surface area contributed by atoms with Crippen LogP contribution in [0.3, 0.4) is 0 Å². The number of aromatic nitrogens is 2. The lowest BCUT2D eigenvalue weighted by atomic mass is 10.2. The van der Waals surface area contributed by atoms with E-state index in [9.17, 15) is 4.79 Å². The fourth-order valence-corrected chi connectivity index (χ4v) is 3.38. The topological polar surface area (TPSA) is 86.5 Å². The van der Waals surface area contributed by atoms with Gasteiger partial charge in [0.25, 0.3) is 0 Å². The van der Waals surface area contributed by atoms with E-state index in [2.05, 4.69) is 15.5 Å². The van der Waals surface area contributed by atoms with Crippen molar-refractivity contribution in [1.29, 1.82) is 0 Å². The van der Waals surface area contributed by atoms with Gasteiger partial charge in [0.15, 0.2) is 5.01 Å². The van der Waals surface area contributed by atoms with Crippen molar-refractivity contribution < 1.29 is 13.9 Å². The highest BCUT2D eigenvalue weighted by Gasteiger charge is 2.14. The summed E-state index contributed by atoms with van der Waals surface area (Å²) in [7, 11) is 3.17. The lowest BCUT2D eigenvalue weighted by molar-refractivity contribution is 0.405. The number of methoxy groups -OCH3 is 2. The van der Waals surface area contributed by atoms with Crippen molar-refractivity contribution in [3.63, 3.8) is 0 Å². The van der Waals surface area contributed by atoms with Crippen LogP contribution < -0.4 is 20.4 Å². The summed E-state index contributed by atoms with van der Waals surface area (Å²) in [5.41, 5.74) is 1.15. The van der Waals surface area contributed by atoms with Crippen molar-refractivity contribution >= 4 is 33.1 Å². The number of rotatable bonds is 5. The van der Waals surface area contributed by atoms with Crippen molar-refractivity contribution in [3.05, 3.63) is 59.0 Å². The Labute approximate surface area is 158 Å². The molecular formula is C19H15N3O4S. The van der Waals surface area contributed by atoms with Crippen LogP contribution in [0.4, 0.5) is 10.8 Å². The number of hydrogen-bond acceptors (Lipinski definition) is 8. The SMILES string of the molecule is COc1ccc(OC)c(Nc2nnc(-c3cc4ccccc4oc3=O)s2)c1. The Morgan fingerprint density at radius 2 is 1.89 bits per heavy atom. The van der Waals surface area contributed by atoms with Crippen LogP contribution in [0.25, 0.3) is 21.5 Å². The highest BCUT2D eigenvalue weighted by molar-refractivity contribution is 7.18. The quantitative estimate of drug-likeness (QED) is 0.521. The molecule has 27 heavy (non-hydrogen) atoms. The molecule has 1 N–H and O–H groups in total. The third-order valence-corrected chi connectivity index (χ3v) is 4.82. The minimum Gasteiger partial charge on any atom is -0.497 e. The Morgan fingerprint density at radius 1 is 1.04 bits per heavy atom. The number of para-hydroxylation sites is 1. The highest BCUT2D eigenvalue weighted by Crippen LogP contribution is 2.34. The standard InChI is InChI=1S/C19H15N3O4S/c1-24-12-7-8-16(25-2)14(10-12)20-19-22-21-17(27-19)13-9-11-5-3-4-6-15(11)26-18(13)23/h3-10H,1-2H3,(H,20,22). The minimum absolute atomic E-state index is 0.372. The maximum Gasteiger partial charge on any atom is 0.346 e. The molecule has 0 radical (unpaired) electrons. The Kier molecular flexibility index (Phi) is 4.47. The van der Waals surface area contributed by atoms with Gasteiger partial charge in [0.05, 0.1) is 25.5 Å². The molecule has 0 atom stereocenters. The molecule has 0 aliphatic heterocycles. The van der Waals surface area contributed by atoms with Gasteiger partial charge in [0, 0.05) is 11.5 Å². The zero-order chi connectivity index (χ0) is 18.8. The lowest BCUT2D eigenvalue weighted by Crippen LogP contribution is -2.02. The number of hydrogen-bond donors (Lipinski definition) is 1. The van der Waals surface area contributed by atoms with Gasteiger partial charge in [-0.15, -0.1) is 10.2 Å². The van der Waals surface area contributed by atoms with E-state index in [1.807, 2.05) is 18.2 Å². The second kappa shape index (κ2) is 7.08. The van der Waals surface area contributed by atoms with Gasteiger partial charge in [-0.2, -0.15) is 0 Å². The Morgan fingerprint density at radius 3 is 2.70 bits per heavy atom. The summed E-state index contributed by atoms with van der Waals surface area (Å²) in [4.78, 5) is 12.3. The van der Waals surface area contributed by atoms with Gasteiger partial charge < -0.3 is 19.2 Å². The minimum atomic E-state index is -0.449. The summed E-state index contributed by atoms with van der Waals surface area (Å²) < 4.78 is 16.0. The van der Waals surface area contributed by atoms with E-state index >= 15 is 0 Å². The van der Waals surface area contributed by atoms with Crippen LogP contribution in [0, 0.1) is 0 Å². The van der Waals surface area contributed by atoms with E-state index < -0.39 is 5.63 Å². The molecule has 7 nitrogen and oxygen atoms in total. The summed E-state index contributed by atoms with van der Waals surface area (Å²) >= 11 is 1.25. The molecule has 2 heterocycles. The molecule has 4 rings (SSSR count). The molecule has 2 aromatic heterocycles. The zero-order valence-corrected chi connectivity index (χ0v) is 15.4. The average molecular weight is 381 g/mol. The molecule has 136 valence electrons. The predicted octanol–water partition coefficient (Wildman–Crippen LogP) is 4.07. The number of benzene rings is 2. The molecular weight excluding hydrogens is 366 g/mol. The number of nitrogens with one attached hydrogen (secondary N) is 1. The Balaban J connectivity index is 1.69. The fraction of sp³-hybridized carbons (Fsp3) is 0.105. The molecule has 2 aromatic carbocycles. The Bertz CT molecular complexity index is 1170. The molecule has 4 aromatic rings. The Hall–Kier alpha value is -3.39. The molecule has 0 aliphatic carbocycles. The van der Waals surface area contributed by atoms with Crippen LogP contribution in [0.2, 0.25) is 0 Å². The second-order valence-electron chi connectivity index (χ2n) is 5.59. The van der Waals surface area contributed by atoms with E-state index in [4.69, 9.17) is 13.9 Å². The molecule has 0 spiro atoms. The number of ether oxygens (including phenoxy) is 2. The zero-order valence-electron chi connectivity index (χ0n) is 14.6. The molecule has 0 fully saturated rings. The second-order valence-corrected chi connectivity index (χ2v) is 6.57. The van der Waals surface area contributed by atoms with Gasteiger partial charge in [-0.25, -0.2) is 4.79 Å². The molecule has 0 saturated heterocycles. The van der Waals surface area contributed by atoms with E-state index in [0.29, 0.717) is 38.5 Å². The molecule has 8 heteroatoms. The van der Waals surface area contributed by atoms with Crippen molar-refractivity contribution in [2.75, 3.05) is 19.5 Å². The van der Waals surface area contributed by atoms with Crippen LogP contribution in [0.15, 0.2) is 57.7 Å². The predicted molar refractivity (Wildman–Crippen MR) is 104 cm³/mol. The van der Waals surface area contributed by atoms with Crippen LogP contribution >= 0.6 is 11.3 Å². The van der Waals surface area contributed by atoms with Gasteiger partial charge in [0.1, 0.15) is 17.1 Å². The maximum absolute atomic E-state index is 12.3. The third-order valence-electron chi connectivity index (χ3n) is 3.95. The lowest BCUT2D eigenvalue weighted by Gasteiger charge is -2.10. The summed E-state index contributed by atoms with van der Waals surface area (Å²) in [5, 5.41) is 13.2. The van der Waals surface area contributed by atoms with E-state index in [-0.39, 0.29) is 0 Å². The van der Waals surface area contributed by atoms with Gasteiger partial charge in [-0.05, 0) is 24.3 Å². The summed E-state index contributed by atoms with van der Waals surface area (Å²) in [6.45, 7) is 0. The van der Waals surface area contributed by atoms with Crippen molar-refractivity contribution in [1.82, 2.24) is 10.2 Å². The summed E-state index contributed by atoms with van der Waals surface area (Å²) in [6.07, 6.45) is 0. The van der Waals surface area contributed by atoms with Gasteiger partial charge in [-0.1, -0.05) is 29.5 Å². The number of fused-ring (bicyclic) bond motifs is 1. The van der Waals surface area contributed by atoms with Crippen LogP contribution in [-0.2, 0) is 0 Å². The molecule has 0 aliphatic rings. The van der Waals surface area contributed by atoms with Crippen LogP contribution in [0.1, 0.15) is 0 Å². The molecule has 0 unspecified atom stereocenters. The highest BCUT2D eigenvalue weighted by atomic mass is 32.1. The summed E-state index contributed by atoms with van der Waals surface area (Å²) in [6, 6.07) is 14.5. The van der Waals surface area contributed by atoms with Gasteiger partial charge in [0.2, 0.25) is 5.13 Å². The van der Waals surface area contributed by atoms with Crippen molar-refractivity contribution in [2.45, 2.75) is 0 Å².